The van der Waals surface area contributed by atoms with Crippen molar-refractivity contribution in [1.82, 2.24) is 15.5 Å². The van der Waals surface area contributed by atoms with Gasteiger partial charge in [0.05, 0.1) is 6.54 Å². The van der Waals surface area contributed by atoms with Crippen molar-refractivity contribution in [2.75, 3.05) is 27.2 Å². The van der Waals surface area contributed by atoms with Gasteiger partial charge < -0.3 is 15.5 Å². The molecule has 5 nitrogen and oxygen atoms in total. The van der Waals surface area contributed by atoms with E-state index in [9.17, 15) is 4.79 Å². The molecular formula is C13H29IN4O. The Kier molecular flexibility index (Phi) is 12.4. The Morgan fingerprint density at radius 2 is 1.84 bits per heavy atom. The molecule has 114 valence electrons. The largest absolute Gasteiger partial charge is 0.357 e. The lowest BCUT2D eigenvalue weighted by Gasteiger charge is -2.20. The van der Waals surface area contributed by atoms with E-state index in [1.54, 1.807) is 19.0 Å². The third-order valence-electron chi connectivity index (χ3n) is 2.80. The smallest absolute Gasteiger partial charge is 0.223 e. The summed E-state index contributed by atoms with van der Waals surface area (Å²) < 4.78 is 0. The highest BCUT2D eigenvalue weighted by Gasteiger charge is 2.09. The summed E-state index contributed by atoms with van der Waals surface area (Å²) in [7, 11) is 3.52. The summed E-state index contributed by atoms with van der Waals surface area (Å²) in [5.74, 6) is 1.43. The van der Waals surface area contributed by atoms with E-state index in [2.05, 4.69) is 36.4 Å². The molecule has 6 heteroatoms. The Labute approximate surface area is 134 Å². The molecule has 0 aromatic rings. The van der Waals surface area contributed by atoms with Gasteiger partial charge >= 0.3 is 0 Å². The topological polar surface area (TPSA) is 56.7 Å². The molecule has 0 radical (unpaired) electrons. The first-order valence-corrected chi connectivity index (χ1v) is 6.63. The lowest BCUT2D eigenvalue weighted by molar-refractivity contribution is -0.128. The van der Waals surface area contributed by atoms with Gasteiger partial charge in [-0.05, 0) is 19.8 Å². The molecule has 0 aliphatic rings. The van der Waals surface area contributed by atoms with Crippen molar-refractivity contribution in [2.45, 2.75) is 40.2 Å². The molecule has 0 saturated heterocycles. The van der Waals surface area contributed by atoms with Crippen LogP contribution in [-0.2, 0) is 4.79 Å². The lowest BCUT2D eigenvalue weighted by Crippen LogP contribution is -2.44. The van der Waals surface area contributed by atoms with Gasteiger partial charge in [0.15, 0.2) is 5.96 Å². The summed E-state index contributed by atoms with van der Waals surface area (Å²) in [4.78, 5) is 17.4. The normalized spacial score (nSPS) is 12.7. The maximum Gasteiger partial charge on any atom is 0.223 e. The molecule has 0 heterocycles. The lowest BCUT2D eigenvalue weighted by atomic mass is 10.1. The number of carbonyl (C=O) groups excluding carboxylic acids is 1. The van der Waals surface area contributed by atoms with Crippen molar-refractivity contribution >= 4 is 35.8 Å². The number of nitrogens with zero attached hydrogens (tertiary/aromatic N) is 2. The maximum absolute atomic E-state index is 11.4. The number of hydrogen-bond donors (Lipinski definition) is 2. The highest BCUT2D eigenvalue weighted by Crippen LogP contribution is 1.99. The van der Waals surface area contributed by atoms with E-state index in [4.69, 9.17) is 0 Å². The monoisotopic (exact) mass is 384 g/mol. The van der Waals surface area contributed by atoms with Gasteiger partial charge in [-0.25, -0.2) is 0 Å². The number of nitrogens with one attached hydrogen (secondary N) is 2. The summed E-state index contributed by atoms with van der Waals surface area (Å²) >= 11 is 0. The second-order valence-electron chi connectivity index (χ2n) is 4.98. The number of halogens is 1. The minimum Gasteiger partial charge on any atom is -0.357 e. The van der Waals surface area contributed by atoms with Crippen LogP contribution in [0.5, 0.6) is 0 Å². The van der Waals surface area contributed by atoms with E-state index in [0.29, 0.717) is 24.9 Å². The summed E-state index contributed by atoms with van der Waals surface area (Å²) in [6.45, 7) is 9.81. The average molecular weight is 384 g/mol. The third-order valence-corrected chi connectivity index (χ3v) is 2.80. The van der Waals surface area contributed by atoms with Crippen LogP contribution >= 0.6 is 24.0 Å². The molecule has 1 unspecified atom stereocenters. The van der Waals surface area contributed by atoms with Crippen molar-refractivity contribution in [3.8, 4) is 0 Å². The number of carbonyl (C=O) groups is 1. The van der Waals surface area contributed by atoms with E-state index in [1.807, 2.05) is 6.92 Å². The number of amides is 1. The Morgan fingerprint density at radius 1 is 1.26 bits per heavy atom. The maximum atomic E-state index is 11.4. The predicted molar refractivity (Wildman–Crippen MR) is 92.1 cm³/mol. The first-order chi connectivity index (χ1) is 8.38. The third kappa shape index (κ3) is 9.98. The molecule has 0 bridgehead atoms. The van der Waals surface area contributed by atoms with Crippen LogP contribution in [0.15, 0.2) is 4.99 Å². The van der Waals surface area contributed by atoms with Crippen LogP contribution < -0.4 is 10.6 Å². The van der Waals surface area contributed by atoms with Crippen molar-refractivity contribution in [3.63, 3.8) is 0 Å². The zero-order valence-corrected chi connectivity index (χ0v) is 15.3. The van der Waals surface area contributed by atoms with Crippen LogP contribution in [-0.4, -0.2) is 50.0 Å². The minimum atomic E-state index is 0. The number of hydrogen-bond acceptors (Lipinski definition) is 2. The Bertz CT molecular complexity index is 280. The van der Waals surface area contributed by atoms with Crippen molar-refractivity contribution in [2.24, 2.45) is 10.9 Å². The van der Waals surface area contributed by atoms with Gasteiger partial charge in [0.25, 0.3) is 0 Å². The van der Waals surface area contributed by atoms with E-state index in [1.165, 1.54) is 0 Å². The molecule has 1 atom stereocenters. The van der Waals surface area contributed by atoms with Gasteiger partial charge in [-0.1, -0.05) is 13.8 Å². The van der Waals surface area contributed by atoms with Gasteiger partial charge in [-0.2, -0.15) is 0 Å². The van der Waals surface area contributed by atoms with Crippen LogP contribution in [0.1, 0.15) is 34.1 Å². The first kappa shape index (κ1) is 20.8. The van der Waals surface area contributed by atoms with Gasteiger partial charge in [-0.15, -0.1) is 24.0 Å². The minimum absolute atomic E-state index is 0. The number of aliphatic imine (C=N–C) groups is 1. The summed E-state index contributed by atoms with van der Waals surface area (Å²) in [5, 5.41) is 6.52. The molecule has 0 aromatic heterocycles. The molecule has 0 aliphatic carbocycles. The van der Waals surface area contributed by atoms with E-state index < -0.39 is 0 Å². The molecule has 0 aromatic carbocycles. The van der Waals surface area contributed by atoms with Crippen molar-refractivity contribution in [3.05, 3.63) is 0 Å². The van der Waals surface area contributed by atoms with Crippen LogP contribution in [0.25, 0.3) is 0 Å². The fourth-order valence-electron chi connectivity index (χ4n) is 1.19. The molecule has 19 heavy (non-hydrogen) atoms. The second-order valence-corrected chi connectivity index (χ2v) is 4.98. The molecule has 0 spiro atoms. The SMILES string of the molecule is CCNC(=NCCC(=O)N(C)C)NC(C)C(C)C.I. The van der Waals surface area contributed by atoms with Gasteiger partial charge in [-0.3, -0.25) is 9.79 Å². The van der Waals surface area contributed by atoms with Crippen LogP contribution in [0.3, 0.4) is 0 Å². The van der Waals surface area contributed by atoms with Crippen LogP contribution in [0.4, 0.5) is 0 Å². The fourth-order valence-corrected chi connectivity index (χ4v) is 1.19. The summed E-state index contributed by atoms with van der Waals surface area (Å²) in [6, 6.07) is 0.354. The number of rotatable bonds is 6. The molecule has 0 rings (SSSR count). The molecule has 2 N–H and O–H groups in total. The predicted octanol–water partition coefficient (Wildman–Crippen LogP) is 1.68. The quantitative estimate of drug-likeness (QED) is 0.416. The van der Waals surface area contributed by atoms with E-state index in [0.717, 1.165) is 12.5 Å². The first-order valence-electron chi connectivity index (χ1n) is 6.63. The van der Waals surface area contributed by atoms with Crippen molar-refractivity contribution in [1.29, 1.82) is 0 Å². The Morgan fingerprint density at radius 3 is 2.26 bits per heavy atom. The standard InChI is InChI=1S/C13H28N4O.HI/c1-7-14-13(16-11(4)10(2)3)15-9-8-12(18)17(5)6;/h10-11H,7-9H2,1-6H3,(H2,14,15,16);1H. The van der Waals surface area contributed by atoms with Gasteiger partial charge in [0, 0.05) is 33.1 Å². The highest BCUT2D eigenvalue weighted by molar-refractivity contribution is 14.0. The average Bonchev–Trinajstić information content (AvgIpc) is 2.28. The van der Waals surface area contributed by atoms with E-state index >= 15 is 0 Å². The summed E-state index contributed by atoms with van der Waals surface area (Å²) in [6.07, 6.45) is 0.444. The van der Waals surface area contributed by atoms with Crippen LogP contribution in [0, 0.1) is 5.92 Å². The molecule has 0 aliphatic heterocycles. The van der Waals surface area contributed by atoms with E-state index in [-0.39, 0.29) is 29.9 Å². The van der Waals surface area contributed by atoms with Crippen molar-refractivity contribution < 1.29 is 4.79 Å². The fraction of sp³-hybridized carbons (Fsp3) is 0.846. The molecule has 0 fully saturated rings. The summed E-state index contributed by atoms with van der Waals surface area (Å²) in [5.41, 5.74) is 0. The van der Waals surface area contributed by atoms with Gasteiger partial charge in [0.1, 0.15) is 0 Å². The highest BCUT2D eigenvalue weighted by atomic mass is 127. The molecule has 1 amide bonds. The van der Waals surface area contributed by atoms with Gasteiger partial charge in [0.2, 0.25) is 5.91 Å². The second kappa shape index (κ2) is 11.3. The molecular weight excluding hydrogens is 355 g/mol. The Balaban J connectivity index is 0. The zero-order chi connectivity index (χ0) is 14.1. The molecule has 0 saturated carbocycles. The number of guanidine groups is 1. The van der Waals surface area contributed by atoms with Crippen LogP contribution in [0.2, 0.25) is 0 Å². The Hall–Kier alpha value is -0.530. The zero-order valence-electron chi connectivity index (χ0n) is 13.0.